The largest absolute Gasteiger partial charge is 0.451 e. The number of hydrogen-bond acceptors (Lipinski definition) is 5. The van der Waals surface area contributed by atoms with Gasteiger partial charge < -0.3 is 4.74 Å². The Morgan fingerprint density at radius 3 is 2.40 bits per heavy atom. The second kappa shape index (κ2) is 9.40. The van der Waals surface area contributed by atoms with E-state index in [0.717, 1.165) is 30.4 Å². The van der Waals surface area contributed by atoms with Gasteiger partial charge in [0.25, 0.3) is 0 Å². The van der Waals surface area contributed by atoms with Crippen LogP contribution in [0.5, 0.6) is 0 Å². The van der Waals surface area contributed by atoms with Crippen molar-refractivity contribution in [2.24, 2.45) is 0 Å². The van der Waals surface area contributed by atoms with Crippen molar-refractivity contribution in [3.63, 3.8) is 0 Å². The summed E-state index contributed by atoms with van der Waals surface area (Å²) in [4.78, 5) is 25.7. The quantitative estimate of drug-likeness (QED) is 0.380. The highest BCUT2D eigenvalue weighted by atomic mass is 32.2. The highest BCUT2D eigenvalue weighted by molar-refractivity contribution is 7.89. The summed E-state index contributed by atoms with van der Waals surface area (Å²) in [6.45, 7) is 2.21. The first-order chi connectivity index (χ1) is 16.8. The molecule has 0 aromatic heterocycles. The number of carbonyl (C=O) groups excluding carboxylic acids is 2. The molecule has 0 amide bonds. The van der Waals surface area contributed by atoms with Gasteiger partial charge in [-0.2, -0.15) is 4.31 Å². The van der Waals surface area contributed by atoms with E-state index in [1.54, 1.807) is 13.0 Å². The summed E-state index contributed by atoms with van der Waals surface area (Å²) in [5.41, 5.74) is 5.19. The zero-order valence-electron chi connectivity index (χ0n) is 19.6. The van der Waals surface area contributed by atoms with E-state index in [0.29, 0.717) is 25.1 Å². The van der Waals surface area contributed by atoms with Gasteiger partial charge >= 0.3 is 5.97 Å². The molecule has 1 atom stereocenters. The summed E-state index contributed by atoms with van der Waals surface area (Å²) in [5.74, 6) is -1.00. The first-order valence-corrected chi connectivity index (χ1v) is 13.3. The number of sulfonamides is 1. The van der Waals surface area contributed by atoms with E-state index < -0.39 is 22.1 Å². The molecular weight excluding hydrogens is 462 g/mol. The van der Waals surface area contributed by atoms with Crippen LogP contribution in [0.1, 0.15) is 56.3 Å². The number of benzene rings is 3. The third kappa shape index (κ3) is 4.66. The molecule has 5 rings (SSSR count). The van der Waals surface area contributed by atoms with Crippen LogP contribution < -0.4 is 0 Å². The average Bonchev–Trinajstić information content (AvgIpc) is 3.36. The maximum atomic E-state index is 13.3. The Balaban J connectivity index is 1.30. The number of rotatable bonds is 6. The van der Waals surface area contributed by atoms with Crippen LogP contribution >= 0.6 is 0 Å². The topological polar surface area (TPSA) is 80.8 Å². The van der Waals surface area contributed by atoms with E-state index in [1.165, 1.54) is 39.7 Å². The molecule has 7 heteroatoms. The molecule has 0 saturated carbocycles. The number of fused-ring (bicyclic) bond motifs is 2. The molecule has 35 heavy (non-hydrogen) atoms. The molecule has 3 aromatic rings. The minimum Gasteiger partial charge on any atom is -0.451 e. The lowest BCUT2D eigenvalue weighted by Crippen LogP contribution is -2.36. The fourth-order valence-electron chi connectivity index (χ4n) is 4.85. The van der Waals surface area contributed by atoms with Gasteiger partial charge in [0.05, 0.1) is 10.5 Å². The Bertz CT molecular complexity index is 1410. The average molecular weight is 490 g/mol. The predicted molar refractivity (Wildman–Crippen MR) is 132 cm³/mol. The van der Waals surface area contributed by atoms with Gasteiger partial charge in [-0.1, -0.05) is 42.5 Å². The van der Waals surface area contributed by atoms with Gasteiger partial charge in [-0.25, -0.2) is 13.2 Å². The van der Waals surface area contributed by atoms with Gasteiger partial charge in [0, 0.05) is 18.7 Å². The van der Waals surface area contributed by atoms with Gasteiger partial charge in [0.2, 0.25) is 15.8 Å². The Morgan fingerprint density at radius 2 is 1.57 bits per heavy atom. The second-order valence-corrected chi connectivity index (χ2v) is 11.1. The van der Waals surface area contributed by atoms with E-state index in [4.69, 9.17) is 4.74 Å². The molecule has 0 saturated heterocycles. The minimum absolute atomic E-state index is 0.0314. The molecule has 0 spiro atoms. The van der Waals surface area contributed by atoms with Crippen molar-refractivity contribution in [2.45, 2.75) is 50.2 Å². The summed E-state index contributed by atoms with van der Waals surface area (Å²) in [6.07, 6.45) is 2.72. The zero-order valence-corrected chi connectivity index (χ0v) is 20.4. The molecule has 0 radical (unpaired) electrons. The molecule has 6 nitrogen and oxygen atoms in total. The lowest BCUT2D eigenvalue weighted by molar-refractivity contribution is 0.0318. The second-order valence-electron chi connectivity index (χ2n) is 9.13. The number of esters is 1. The van der Waals surface area contributed by atoms with Crippen LogP contribution in [-0.4, -0.2) is 37.1 Å². The summed E-state index contributed by atoms with van der Waals surface area (Å²) in [6, 6.07) is 19.3. The molecule has 1 heterocycles. The minimum atomic E-state index is -3.80. The van der Waals surface area contributed by atoms with Crippen molar-refractivity contribution in [1.82, 2.24) is 4.31 Å². The molecular formula is C28H27NO5S. The molecule has 0 bridgehead atoms. The predicted octanol–water partition coefficient (Wildman–Crippen LogP) is 4.35. The molecule has 2 aliphatic rings. The maximum Gasteiger partial charge on any atom is 0.338 e. The van der Waals surface area contributed by atoms with E-state index in [9.17, 15) is 18.0 Å². The summed E-state index contributed by atoms with van der Waals surface area (Å²) >= 11 is 0. The molecule has 1 unspecified atom stereocenters. The fourth-order valence-corrected chi connectivity index (χ4v) is 6.31. The van der Waals surface area contributed by atoms with Crippen molar-refractivity contribution < 1.29 is 22.7 Å². The van der Waals surface area contributed by atoms with Crippen molar-refractivity contribution in [2.75, 3.05) is 6.54 Å². The number of hydrogen-bond donors (Lipinski definition) is 0. The molecule has 1 aliphatic carbocycles. The van der Waals surface area contributed by atoms with E-state index in [-0.39, 0.29) is 16.2 Å². The highest BCUT2D eigenvalue weighted by Crippen LogP contribution is 2.26. The van der Waals surface area contributed by atoms with Gasteiger partial charge in [-0.05, 0) is 79.1 Å². The molecule has 0 fully saturated rings. The smallest absolute Gasteiger partial charge is 0.338 e. The SMILES string of the molecule is CC(OC(=O)c1cccc(S(=O)(=O)N2CCc3ccccc3C2)c1)C(=O)c1ccc2c(c1)CCC2. The number of carbonyl (C=O) groups is 2. The van der Waals surface area contributed by atoms with Crippen LogP contribution in [-0.2, 0) is 40.6 Å². The summed E-state index contributed by atoms with van der Waals surface area (Å²) < 4.78 is 33.5. The number of ketones is 1. The van der Waals surface area contributed by atoms with Crippen molar-refractivity contribution >= 4 is 21.8 Å². The molecule has 1 aliphatic heterocycles. The Labute approximate surface area is 205 Å². The van der Waals surface area contributed by atoms with Crippen LogP contribution in [0, 0.1) is 0 Å². The van der Waals surface area contributed by atoms with Crippen LogP contribution in [0.4, 0.5) is 0 Å². The van der Waals surface area contributed by atoms with E-state index >= 15 is 0 Å². The van der Waals surface area contributed by atoms with Crippen LogP contribution in [0.3, 0.4) is 0 Å². The standard InChI is InChI=1S/C28H27NO5S/c1-19(27(30)23-13-12-20-8-4-9-22(20)16-23)34-28(31)24-10-5-11-26(17-24)35(32,33)29-15-14-21-6-2-3-7-25(21)18-29/h2-3,5-7,10-13,16-17,19H,4,8-9,14-15,18H2,1H3. The molecule has 3 aromatic carbocycles. The van der Waals surface area contributed by atoms with Crippen molar-refractivity contribution in [3.05, 3.63) is 100 Å². The van der Waals surface area contributed by atoms with Gasteiger partial charge in [0.1, 0.15) is 0 Å². The number of nitrogens with zero attached hydrogens (tertiary/aromatic N) is 1. The first-order valence-electron chi connectivity index (χ1n) is 11.9. The molecule has 180 valence electrons. The van der Waals surface area contributed by atoms with E-state index in [1.807, 2.05) is 36.4 Å². The summed E-state index contributed by atoms with van der Waals surface area (Å²) in [5, 5.41) is 0. The fraction of sp³-hybridized carbons (Fsp3) is 0.286. The normalized spacial score (nSPS) is 16.3. The Kier molecular flexibility index (Phi) is 6.30. The van der Waals surface area contributed by atoms with Crippen LogP contribution in [0.15, 0.2) is 71.6 Å². The van der Waals surface area contributed by atoms with Gasteiger partial charge in [0.15, 0.2) is 6.10 Å². The number of ether oxygens (including phenoxy) is 1. The Morgan fingerprint density at radius 1 is 0.829 bits per heavy atom. The van der Waals surface area contributed by atoms with E-state index in [2.05, 4.69) is 0 Å². The van der Waals surface area contributed by atoms with Crippen molar-refractivity contribution in [3.8, 4) is 0 Å². The monoisotopic (exact) mass is 489 g/mol. The van der Waals surface area contributed by atoms with Crippen molar-refractivity contribution in [1.29, 1.82) is 0 Å². The lowest BCUT2D eigenvalue weighted by atomic mass is 10.0. The first kappa shape index (κ1) is 23.5. The Hall–Kier alpha value is -3.29. The number of aryl methyl sites for hydroxylation is 2. The molecule has 0 N–H and O–H groups in total. The zero-order chi connectivity index (χ0) is 24.6. The lowest BCUT2D eigenvalue weighted by Gasteiger charge is -2.28. The van der Waals surface area contributed by atoms with Crippen LogP contribution in [0.25, 0.3) is 0 Å². The highest BCUT2D eigenvalue weighted by Gasteiger charge is 2.29. The maximum absolute atomic E-state index is 13.3. The number of Topliss-reactive ketones (excluding diaryl/α,β-unsaturated/α-hetero) is 1. The van der Waals surface area contributed by atoms with Gasteiger partial charge in [-0.3, -0.25) is 4.79 Å². The van der Waals surface area contributed by atoms with Gasteiger partial charge in [-0.15, -0.1) is 0 Å². The summed E-state index contributed by atoms with van der Waals surface area (Å²) in [7, 11) is -3.80. The third-order valence-electron chi connectivity index (χ3n) is 6.84. The third-order valence-corrected chi connectivity index (χ3v) is 8.68. The van der Waals surface area contributed by atoms with Crippen LogP contribution in [0.2, 0.25) is 0 Å².